The number of amides is 2. The molecule has 2 rings (SSSR count). The molecule has 0 unspecified atom stereocenters. The van der Waals surface area contributed by atoms with Crippen molar-refractivity contribution in [1.29, 1.82) is 0 Å². The van der Waals surface area contributed by atoms with E-state index in [1.54, 1.807) is 44.5 Å². The predicted octanol–water partition coefficient (Wildman–Crippen LogP) is 3.63. The number of ether oxygens (including phenoxy) is 1. The van der Waals surface area contributed by atoms with Gasteiger partial charge in [0, 0.05) is 23.7 Å². The quantitative estimate of drug-likeness (QED) is 0.742. The van der Waals surface area contributed by atoms with Crippen LogP contribution in [0.2, 0.25) is 0 Å². The molecule has 0 aliphatic rings. The van der Waals surface area contributed by atoms with Crippen LogP contribution in [-0.2, 0) is 9.59 Å². The lowest BCUT2D eigenvalue weighted by Crippen LogP contribution is -2.33. The largest absolute Gasteiger partial charge is 0.497 e. The second kappa shape index (κ2) is 8.65. The maximum absolute atomic E-state index is 12.0. The van der Waals surface area contributed by atoms with Crippen LogP contribution in [0.25, 0.3) is 6.08 Å². The molecule has 0 saturated heterocycles. The number of carbonyl (C=O) groups excluding carboxylic acids is 2. The molecule has 2 amide bonds. The lowest BCUT2D eigenvalue weighted by molar-refractivity contribution is -0.129. The van der Waals surface area contributed by atoms with E-state index in [0.717, 1.165) is 8.66 Å². The Balaban J connectivity index is 1.85. The molecule has 0 saturated carbocycles. The minimum absolute atomic E-state index is 0.0245. The zero-order valence-electron chi connectivity index (χ0n) is 13.3. The van der Waals surface area contributed by atoms with Crippen molar-refractivity contribution >= 4 is 50.8 Å². The van der Waals surface area contributed by atoms with Crippen LogP contribution in [0.5, 0.6) is 5.75 Å². The molecule has 2 aromatic rings. The van der Waals surface area contributed by atoms with Gasteiger partial charge in [-0.1, -0.05) is 0 Å². The van der Waals surface area contributed by atoms with E-state index >= 15 is 0 Å². The van der Waals surface area contributed by atoms with Gasteiger partial charge in [0.1, 0.15) is 5.75 Å². The van der Waals surface area contributed by atoms with Gasteiger partial charge in [0.2, 0.25) is 11.8 Å². The number of hydrogen-bond acceptors (Lipinski definition) is 4. The molecular weight excluding hydrogens is 392 g/mol. The van der Waals surface area contributed by atoms with E-state index in [4.69, 9.17) is 4.74 Å². The number of rotatable bonds is 6. The maximum Gasteiger partial charge on any atom is 0.246 e. The first-order chi connectivity index (χ1) is 11.5. The van der Waals surface area contributed by atoms with E-state index in [-0.39, 0.29) is 18.4 Å². The average Bonchev–Trinajstić information content (AvgIpc) is 2.98. The summed E-state index contributed by atoms with van der Waals surface area (Å²) >= 11 is 4.90. The second-order valence-electron chi connectivity index (χ2n) is 4.95. The van der Waals surface area contributed by atoms with Crippen molar-refractivity contribution in [2.24, 2.45) is 0 Å². The van der Waals surface area contributed by atoms with Crippen LogP contribution in [-0.4, -0.2) is 37.4 Å². The molecule has 5 nitrogen and oxygen atoms in total. The fraction of sp³-hybridized carbons (Fsp3) is 0.176. The number of halogens is 1. The minimum atomic E-state index is -0.261. The van der Waals surface area contributed by atoms with Crippen LogP contribution < -0.4 is 10.1 Å². The SMILES string of the molecule is COc1ccc(NC(=O)CN(C)C(=O)/C=C/c2ccc(Br)s2)cc1. The number of carbonyl (C=O) groups is 2. The zero-order valence-corrected chi connectivity index (χ0v) is 15.7. The summed E-state index contributed by atoms with van der Waals surface area (Å²) in [5.41, 5.74) is 0.653. The van der Waals surface area contributed by atoms with Gasteiger partial charge < -0.3 is 15.0 Å². The first-order valence-corrected chi connectivity index (χ1v) is 8.71. The molecule has 0 spiro atoms. The van der Waals surface area contributed by atoms with E-state index in [1.807, 2.05) is 12.1 Å². The summed E-state index contributed by atoms with van der Waals surface area (Å²) < 4.78 is 6.06. The molecule has 7 heteroatoms. The molecule has 1 aromatic carbocycles. The number of thiophene rings is 1. The van der Waals surface area contributed by atoms with Crippen molar-refractivity contribution in [3.63, 3.8) is 0 Å². The smallest absolute Gasteiger partial charge is 0.246 e. The molecule has 0 atom stereocenters. The van der Waals surface area contributed by atoms with Crippen LogP contribution in [0.4, 0.5) is 5.69 Å². The summed E-state index contributed by atoms with van der Waals surface area (Å²) in [5.74, 6) is 0.221. The van der Waals surface area contributed by atoms with Gasteiger partial charge >= 0.3 is 0 Å². The topological polar surface area (TPSA) is 58.6 Å². The Kier molecular flexibility index (Phi) is 6.57. The molecule has 0 fully saturated rings. The van der Waals surface area contributed by atoms with Gasteiger partial charge in [0.05, 0.1) is 17.4 Å². The summed E-state index contributed by atoms with van der Waals surface area (Å²) in [4.78, 5) is 26.3. The zero-order chi connectivity index (χ0) is 17.5. The standard InChI is InChI=1S/C17H17BrN2O3S/c1-20(17(22)10-8-14-7-9-15(18)24-14)11-16(21)19-12-3-5-13(23-2)6-4-12/h3-10H,11H2,1-2H3,(H,19,21)/b10-8+. The van der Waals surface area contributed by atoms with Gasteiger partial charge in [0.25, 0.3) is 0 Å². The number of likely N-dealkylation sites (N-methyl/N-ethyl adjacent to an activating group) is 1. The van der Waals surface area contributed by atoms with E-state index in [0.29, 0.717) is 11.4 Å². The maximum atomic E-state index is 12.0. The molecule has 0 aliphatic carbocycles. The molecular formula is C17H17BrN2O3S. The number of benzene rings is 1. The van der Waals surface area contributed by atoms with Gasteiger partial charge in [-0.15, -0.1) is 11.3 Å². The number of nitrogens with zero attached hydrogens (tertiary/aromatic N) is 1. The van der Waals surface area contributed by atoms with Gasteiger partial charge in [0.15, 0.2) is 0 Å². The Morgan fingerprint density at radius 3 is 2.54 bits per heavy atom. The summed E-state index contributed by atoms with van der Waals surface area (Å²) in [6, 6.07) is 10.8. The molecule has 1 aromatic heterocycles. The van der Waals surface area contributed by atoms with E-state index in [9.17, 15) is 9.59 Å². The van der Waals surface area contributed by atoms with Crippen molar-refractivity contribution in [3.8, 4) is 5.75 Å². The minimum Gasteiger partial charge on any atom is -0.497 e. The summed E-state index contributed by atoms with van der Waals surface area (Å²) in [6.45, 7) is -0.0245. The van der Waals surface area contributed by atoms with Crippen LogP contribution >= 0.6 is 27.3 Å². The number of hydrogen-bond donors (Lipinski definition) is 1. The van der Waals surface area contributed by atoms with Crippen molar-refractivity contribution in [3.05, 3.63) is 51.1 Å². The number of anilines is 1. The van der Waals surface area contributed by atoms with Gasteiger partial charge in [-0.3, -0.25) is 9.59 Å². The van der Waals surface area contributed by atoms with Crippen LogP contribution in [0.1, 0.15) is 4.88 Å². The Morgan fingerprint density at radius 1 is 1.25 bits per heavy atom. The normalized spacial score (nSPS) is 10.6. The molecule has 0 aliphatic heterocycles. The van der Waals surface area contributed by atoms with Gasteiger partial charge in [-0.25, -0.2) is 0 Å². The third-order valence-electron chi connectivity index (χ3n) is 3.11. The highest BCUT2D eigenvalue weighted by molar-refractivity contribution is 9.11. The molecule has 1 N–H and O–H groups in total. The fourth-order valence-corrected chi connectivity index (χ4v) is 3.19. The molecule has 0 bridgehead atoms. The molecule has 126 valence electrons. The summed E-state index contributed by atoms with van der Waals surface area (Å²) in [7, 11) is 3.17. The molecule has 24 heavy (non-hydrogen) atoms. The highest BCUT2D eigenvalue weighted by atomic mass is 79.9. The Bertz CT molecular complexity index is 741. The third kappa shape index (κ3) is 5.50. The van der Waals surface area contributed by atoms with Gasteiger partial charge in [-0.2, -0.15) is 0 Å². The lowest BCUT2D eigenvalue weighted by Gasteiger charge is -2.14. The first-order valence-electron chi connectivity index (χ1n) is 7.10. The van der Waals surface area contributed by atoms with Crippen molar-refractivity contribution in [1.82, 2.24) is 4.90 Å². The van der Waals surface area contributed by atoms with Crippen LogP contribution in [0.15, 0.2) is 46.3 Å². The van der Waals surface area contributed by atoms with Crippen molar-refractivity contribution in [2.75, 3.05) is 26.0 Å². The highest BCUT2D eigenvalue weighted by Gasteiger charge is 2.11. The monoisotopic (exact) mass is 408 g/mol. The third-order valence-corrected chi connectivity index (χ3v) is 4.70. The molecule has 0 radical (unpaired) electrons. The summed E-state index contributed by atoms with van der Waals surface area (Å²) in [6.07, 6.45) is 3.19. The van der Waals surface area contributed by atoms with E-state index in [2.05, 4.69) is 21.2 Å². The van der Waals surface area contributed by atoms with Crippen molar-refractivity contribution < 1.29 is 14.3 Å². The van der Waals surface area contributed by atoms with Crippen molar-refractivity contribution in [2.45, 2.75) is 0 Å². The predicted molar refractivity (Wildman–Crippen MR) is 100 cm³/mol. The van der Waals surface area contributed by atoms with Crippen LogP contribution in [0, 0.1) is 0 Å². The fourth-order valence-electron chi connectivity index (χ4n) is 1.87. The number of nitrogens with one attached hydrogen (secondary N) is 1. The second-order valence-corrected chi connectivity index (χ2v) is 7.44. The molecule has 1 heterocycles. The summed E-state index contributed by atoms with van der Waals surface area (Å²) in [5, 5.41) is 2.74. The highest BCUT2D eigenvalue weighted by Crippen LogP contribution is 2.23. The Labute approximate surface area is 153 Å². The first kappa shape index (κ1) is 18.2. The average molecular weight is 409 g/mol. The lowest BCUT2D eigenvalue weighted by atomic mass is 10.3. The number of methoxy groups -OCH3 is 1. The Morgan fingerprint density at radius 2 is 1.96 bits per heavy atom. The van der Waals surface area contributed by atoms with E-state index < -0.39 is 0 Å². The van der Waals surface area contributed by atoms with E-state index in [1.165, 1.54) is 22.3 Å². The Hall–Kier alpha value is -2.12. The van der Waals surface area contributed by atoms with Crippen LogP contribution in [0.3, 0.4) is 0 Å². The van der Waals surface area contributed by atoms with Gasteiger partial charge in [-0.05, 0) is 58.4 Å².